The summed E-state index contributed by atoms with van der Waals surface area (Å²) in [6.07, 6.45) is 0.881. The second-order valence-corrected chi connectivity index (χ2v) is 9.81. The highest BCUT2D eigenvalue weighted by Crippen LogP contribution is 2.29. The maximum Gasteiger partial charge on any atom is 0.270 e. The van der Waals surface area contributed by atoms with Crippen LogP contribution in [0.25, 0.3) is 26.8 Å². The van der Waals surface area contributed by atoms with E-state index in [1.807, 2.05) is 30.3 Å². The molecule has 180 valence electrons. The van der Waals surface area contributed by atoms with Gasteiger partial charge in [-0.3, -0.25) is 24.3 Å². The molecule has 1 amide bonds. The SMILES string of the molecule is CCc1ccc(-n2c(SCC(=O)Nc3nc4ccc([N+](=O)[O-])cc4s3)nc3ccccc3c2=O)cc1. The molecule has 36 heavy (non-hydrogen) atoms. The molecule has 0 aliphatic rings. The van der Waals surface area contributed by atoms with E-state index in [4.69, 9.17) is 0 Å². The average Bonchev–Trinajstić information content (AvgIpc) is 3.29. The van der Waals surface area contributed by atoms with Gasteiger partial charge >= 0.3 is 0 Å². The molecule has 0 aliphatic heterocycles. The first-order valence-corrected chi connectivity index (χ1v) is 12.8. The fraction of sp³-hybridized carbons (Fsp3) is 0.120. The quantitative estimate of drug-likeness (QED) is 0.136. The summed E-state index contributed by atoms with van der Waals surface area (Å²) in [5, 5.41) is 15.0. The van der Waals surface area contributed by atoms with E-state index in [1.54, 1.807) is 24.3 Å². The van der Waals surface area contributed by atoms with Crippen molar-refractivity contribution in [1.82, 2.24) is 14.5 Å². The van der Waals surface area contributed by atoms with Crippen molar-refractivity contribution in [2.75, 3.05) is 11.1 Å². The molecule has 0 fully saturated rings. The van der Waals surface area contributed by atoms with Crippen molar-refractivity contribution >= 4 is 60.9 Å². The van der Waals surface area contributed by atoms with Gasteiger partial charge < -0.3 is 5.32 Å². The van der Waals surface area contributed by atoms with E-state index in [9.17, 15) is 19.7 Å². The predicted molar refractivity (Wildman–Crippen MR) is 142 cm³/mol. The van der Waals surface area contributed by atoms with E-state index in [0.29, 0.717) is 37.1 Å². The third kappa shape index (κ3) is 4.70. The van der Waals surface area contributed by atoms with Crippen molar-refractivity contribution in [3.8, 4) is 5.69 Å². The largest absolute Gasteiger partial charge is 0.301 e. The van der Waals surface area contributed by atoms with Crippen molar-refractivity contribution in [1.29, 1.82) is 0 Å². The van der Waals surface area contributed by atoms with Crippen LogP contribution in [0, 0.1) is 10.1 Å². The molecule has 1 N–H and O–H groups in total. The molecule has 0 spiro atoms. The first kappa shape index (κ1) is 23.6. The van der Waals surface area contributed by atoms with Crippen molar-refractivity contribution in [2.24, 2.45) is 0 Å². The van der Waals surface area contributed by atoms with Crippen LogP contribution < -0.4 is 10.9 Å². The average molecular weight is 518 g/mol. The Morgan fingerprint density at radius 2 is 1.86 bits per heavy atom. The standard InChI is InChI=1S/C25H19N5O4S2/c1-2-15-7-9-16(10-8-15)29-23(32)18-5-3-4-6-19(18)27-25(29)35-14-22(31)28-24-26-20-12-11-17(30(33)34)13-21(20)36-24/h3-13H,2,14H2,1H3,(H,26,28,31). The normalized spacial score (nSPS) is 11.1. The molecule has 0 atom stereocenters. The maximum absolute atomic E-state index is 13.4. The van der Waals surface area contributed by atoms with Crippen LogP contribution in [-0.2, 0) is 11.2 Å². The van der Waals surface area contributed by atoms with Gasteiger partial charge in [-0.15, -0.1) is 0 Å². The number of fused-ring (bicyclic) bond motifs is 2. The number of thiazole rings is 1. The van der Waals surface area contributed by atoms with Crippen molar-refractivity contribution in [3.05, 3.63) is 92.8 Å². The number of aryl methyl sites for hydroxylation is 1. The highest BCUT2D eigenvalue weighted by molar-refractivity contribution is 7.99. The summed E-state index contributed by atoms with van der Waals surface area (Å²) < 4.78 is 2.13. The lowest BCUT2D eigenvalue weighted by atomic mass is 10.1. The molecule has 5 rings (SSSR count). The summed E-state index contributed by atoms with van der Waals surface area (Å²) in [5.41, 5.74) is 2.70. The van der Waals surface area contributed by atoms with E-state index in [2.05, 4.69) is 22.2 Å². The number of carbonyl (C=O) groups excluding carboxylic acids is 1. The summed E-state index contributed by atoms with van der Waals surface area (Å²) in [4.78, 5) is 45.6. The molecule has 0 aliphatic carbocycles. The zero-order chi connectivity index (χ0) is 25.2. The maximum atomic E-state index is 13.4. The zero-order valence-electron chi connectivity index (χ0n) is 19.0. The molecule has 9 nitrogen and oxygen atoms in total. The zero-order valence-corrected chi connectivity index (χ0v) is 20.6. The number of aromatic nitrogens is 3. The van der Waals surface area contributed by atoms with Gasteiger partial charge in [-0.1, -0.05) is 54.3 Å². The van der Waals surface area contributed by atoms with Gasteiger partial charge in [0, 0.05) is 12.1 Å². The van der Waals surface area contributed by atoms with Crippen LogP contribution in [0.1, 0.15) is 12.5 Å². The second-order valence-electron chi connectivity index (χ2n) is 7.84. The number of anilines is 1. The Bertz CT molecular complexity index is 1680. The highest BCUT2D eigenvalue weighted by Gasteiger charge is 2.16. The fourth-order valence-electron chi connectivity index (χ4n) is 3.68. The van der Waals surface area contributed by atoms with Crippen LogP contribution in [0.15, 0.2) is 76.7 Å². The summed E-state index contributed by atoms with van der Waals surface area (Å²) in [6, 6.07) is 19.2. The van der Waals surface area contributed by atoms with Gasteiger partial charge in [0.15, 0.2) is 10.3 Å². The van der Waals surface area contributed by atoms with Crippen LogP contribution in [0.4, 0.5) is 10.8 Å². The van der Waals surface area contributed by atoms with Gasteiger partial charge in [0.1, 0.15) is 0 Å². The number of hydrogen-bond donors (Lipinski definition) is 1. The molecule has 3 aromatic carbocycles. The van der Waals surface area contributed by atoms with E-state index < -0.39 is 4.92 Å². The minimum absolute atomic E-state index is 0.00605. The molecule has 0 saturated carbocycles. The van der Waals surface area contributed by atoms with E-state index in [-0.39, 0.29) is 22.9 Å². The number of hydrogen-bond acceptors (Lipinski definition) is 8. The third-order valence-corrected chi connectivity index (χ3v) is 7.38. The summed E-state index contributed by atoms with van der Waals surface area (Å²) >= 11 is 2.31. The van der Waals surface area contributed by atoms with Gasteiger partial charge in [0.05, 0.1) is 37.5 Å². The summed E-state index contributed by atoms with van der Waals surface area (Å²) in [7, 11) is 0. The summed E-state index contributed by atoms with van der Waals surface area (Å²) in [5.74, 6) is -0.336. The second kappa shape index (κ2) is 9.88. The molecule has 0 radical (unpaired) electrons. The highest BCUT2D eigenvalue weighted by atomic mass is 32.2. The Balaban J connectivity index is 1.41. The number of benzene rings is 3. The minimum atomic E-state index is -0.472. The molecule has 2 heterocycles. The number of rotatable bonds is 7. The first-order valence-electron chi connectivity index (χ1n) is 11.0. The van der Waals surface area contributed by atoms with Crippen LogP contribution in [0.2, 0.25) is 0 Å². The van der Waals surface area contributed by atoms with Crippen LogP contribution in [0.3, 0.4) is 0 Å². The Labute approximate surface area is 213 Å². The van der Waals surface area contributed by atoms with Gasteiger partial charge in [-0.05, 0) is 42.3 Å². The number of para-hydroxylation sites is 1. The van der Waals surface area contributed by atoms with Crippen LogP contribution in [-0.4, -0.2) is 31.1 Å². The predicted octanol–water partition coefficient (Wildman–Crippen LogP) is 5.20. The lowest BCUT2D eigenvalue weighted by Crippen LogP contribution is -2.23. The monoisotopic (exact) mass is 517 g/mol. The number of nitrogens with one attached hydrogen (secondary N) is 1. The number of non-ortho nitro benzene ring substituents is 1. The topological polar surface area (TPSA) is 120 Å². The lowest BCUT2D eigenvalue weighted by Gasteiger charge is -2.13. The number of thioether (sulfide) groups is 1. The van der Waals surface area contributed by atoms with Crippen LogP contribution in [0.5, 0.6) is 0 Å². The molecule has 2 aromatic heterocycles. The number of nitro benzene ring substituents is 1. The van der Waals surface area contributed by atoms with Gasteiger partial charge in [0.2, 0.25) is 5.91 Å². The van der Waals surface area contributed by atoms with E-state index in [1.165, 1.54) is 16.7 Å². The summed E-state index contributed by atoms with van der Waals surface area (Å²) in [6.45, 7) is 2.06. The molecular weight excluding hydrogens is 498 g/mol. The Morgan fingerprint density at radius 3 is 2.61 bits per heavy atom. The van der Waals surface area contributed by atoms with E-state index >= 15 is 0 Å². The van der Waals surface area contributed by atoms with Crippen molar-refractivity contribution < 1.29 is 9.72 Å². The third-order valence-electron chi connectivity index (χ3n) is 5.51. The molecule has 0 unspecified atom stereocenters. The Morgan fingerprint density at radius 1 is 1.08 bits per heavy atom. The molecule has 0 bridgehead atoms. The van der Waals surface area contributed by atoms with E-state index in [0.717, 1.165) is 35.1 Å². The number of nitrogens with zero attached hydrogens (tertiary/aromatic N) is 4. The molecule has 11 heteroatoms. The number of carbonyl (C=O) groups is 1. The fourth-order valence-corrected chi connectivity index (χ4v) is 5.41. The van der Waals surface area contributed by atoms with Crippen molar-refractivity contribution in [2.45, 2.75) is 18.5 Å². The number of amides is 1. The van der Waals surface area contributed by atoms with Gasteiger partial charge in [-0.2, -0.15) is 0 Å². The number of nitro groups is 1. The van der Waals surface area contributed by atoms with Crippen molar-refractivity contribution in [3.63, 3.8) is 0 Å². The van der Waals surface area contributed by atoms with Gasteiger partial charge in [-0.25, -0.2) is 9.97 Å². The molecular formula is C25H19N5O4S2. The lowest BCUT2D eigenvalue weighted by molar-refractivity contribution is -0.384. The Hall–Kier alpha value is -4.09. The smallest absolute Gasteiger partial charge is 0.270 e. The first-order chi connectivity index (χ1) is 17.4. The van der Waals surface area contributed by atoms with Gasteiger partial charge in [0.25, 0.3) is 11.2 Å². The minimum Gasteiger partial charge on any atom is -0.301 e. The molecule has 5 aromatic rings. The molecule has 0 saturated heterocycles. The van der Waals surface area contributed by atoms with Crippen LogP contribution >= 0.6 is 23.1 Å². The Kier molecular flexibility index (Phi) is 6.49.